The zero-order chi connectivity index (χ0) is 14.8. The Labute approximate surface area is 128 Å². The first-order valence-electron chi connectivity index (χ1n) is 6.26. The standard InChI is InChI=1S/C14H15Cl2N3O/c1-4-14(2,3)9-5-7-10(8-6-9)20-13-18-11(15)17-12(16)19-13/h5-8H,4H2,1-3H3. The third-order valence-electron chi connectivity index (χ3n) is 3.29. The molecule has 0 spiro atoms. The Morgan fingerprint density at radius 3 is 2.05 bits per heavy atom. The van der Waals surface area contributed by atoms with Gasteiger partial charge in [-0.25, -0.2) is 0 Å². The van der Waals surface area contributed by atoms with Crippen molar-refractivity contribution >= 4 is 23.2 Å². The van der Waals surface area contributed by atoms with Crippen LogP contribution in [0.3, 0.4) is 0 Å². The SMILES string of the molecule is CCC(C)(C)c1ccc(Oc2nc(Cl)nc(Cl)n2)cc1. The summed E-state index contributed by atoms with van der Waals surface area (Å²) in [6.07, 6.45) is 1.06. The van der Waals surface area contributed by atoms with Gasteiger partial charge >= 0.3 is 6.01 Å². The van der Waals surface area contributed by atoms with E-state index in [-0.39, 0.29) is 22.0 Å². The molecule has 1 heterocycles. The second-order valence-corrected chi connectivity index (χ2v) is 5.70. The van der Waals surface area contributed by atoms with Gasteiger partial charge in [0.1, 0.15) is 5.75 Å². The molecule has 0 saturated heterocycles. The molecule has 2 aromatic rings. The van der Waals surface area contributed by atoms with E-state index in [1.54, 1.807) is 0 Å². The van der Waals surface area contributed by atoms with Gasteiger partial charge in [0, 0.05) is 0 Å². The smallest absolute Gasteiger partial charge is 0.327 e. The van der Waals surface area contributed by atoms with Crippen LogP contribution < -0.4 is 4.74 Å². The van der Waals surface area contributed by atoms with Crippen LogP contribution >= 0.6 is 23.2 Å². The van der Waals surface area contributed by atoms with Crippen LogP contribution in [0.25, 0.3) is 0 Å². The minimum Gasteiger partial charge on any atom is -0.424 e. The molecule has 4 nitrogen and oxygen atoms in total. The molecule has 0 N–H and O–H groups in total. The number of hydrogen-bond donors (Lipinski definition) is 0. The van der Waals surface area contributed by atoms with E-state index in [1.165, 1.54) is 5.56 Å². The fraction of sp³-hybridized carbons (Fsp3) is 0.357. The fourth-order valence-corrected chi connectivity index (χ4v) is 1.99. The zero-order valence-electron chi connectivity index (χ0n) is 11.5. The van der Waals surface area contributed by atoms with Crippen LogP contribution in [0.15, 0.2) is 24.3 Å². The summed E-state index contributed by atoms with van der Waals surface area (Å²) in [5, 5.41) is 0.00692. The number of aromatic nitrogens is 3. The third-order valence-corrected chi connectivity index (χ3v) is 3.63. The Morgan fingerprint density at radius 2 is 1.55 bits per heavy atom. The number of halogens is 2. The van der Waals surface area contributed by atoms with Crippen LogP contribution in [-0.4, -0.2) is 15.0 Å². The third kappa shape index (κ3) is 3.58. The summed E-state index contributed by atoms with van der Waals surface area (Å²) >= 11 is 11.4. The summed E-state index contributed by atoms with van der Waals surface area (Å²) in [4.78, 5) is 11.4. The van der Waals surface area contributed by atoms with Gasteiger partial charge in [-0.3, -0.25) is 0 Å². The monoisotopic (exact) mass is 311 g/mol. The number of rotatable bonds is 4. The molecule has 6 heteroatoms. The van der Waals surface area contributed by atoms with Gasteiger partial charge in [0.05, 0.1) is 0 Å². The van der Waals surface area contributed by atoms with Gasteiger partial charge in [0.2, 0.25) is 10.6 Å². The van der Waals surface area contributed by atoms with Crippen molar-refractivity contribution in [2.75, 3.05) is 0 Å². The van der Waals surface area contributed by atoms with E-state index in [1.807, 2.05) is 24.3 Å². The lowest BCUT2D eigenvalue weighted by atomic mass is 9.82. The molecule has 1 aromatic carbocycles. The molecular formula is C14H15Cl2N3O. The Morgan fingerprint density at radius 1 is 1.00 bits per heavy atom. The molecule has 1 aromatic heterocycles. The average molecular weight is 312 g/mol. The highest BCUT2D eigenvalue weighted by Crippen LogP contribution is 2.29. The van der Waals surface area contributed by atoms with Crippen molar-refractivity contribution in [1.29, 1.82) is 0 Å². The van der Waals surface area contributed by atoms with Gasteiger partial charge < -0.3 is 4.74 Å². The highest BCUT2D eigenvalue weighted by Gasteiger charge is 2.17. The van der Waals surface area contributed by atoms with E-state index in [9.17, 15) is 0 Å². The lowest BCUT2D eigenvalue weighted by Gasteiger charge is -2.23. The number of ether oxygens (including phenoxy) is 1. The minimum atomic E-state index is 0.00346. The maximum absolute atomic E-state index is 5.69. The molecule has 0 amide bonds. The molecule has 0 bridgehead atoms. The van der Waals surface area contributed by atoms with Crippen LogP contribution in [0.1, 0.15) is 32.8 Å². The molecule has 0 aliphatic carbocycles. The number of benzene rings is 1. The van der Waals surface area contributed by atoms with Crippen molar-refractivity contribution in [2.45, 2.75) is 32.6 Å². The van der Waals surface area contributed by atoms with Crippen LogP contribution in [0, 0.1) is 0 Å². The van der Waals surface area contributed by atoms with E-state index in [2.05, 4.69) is 35.7 Å². The van der Waals surface area contributed by atoms with Crippen molar-refractivity contribution in [3.63, 3.8) is 0 Å². The molecule has 20 heavy (non-hydrogen) atoms. The Kier molecular flexibility index (Phi) is 4.45. The predicted molar refractivity (Wildman–Crippen MR) is 79.7 cm³/mol. The van der Waals surface area contributed by atoms with Crippen molar-refractivity contribution < 1.29 is 4.74 Å². The minimum absolute atomic E-state index is 0.00346. The normalized spacial score (nSPS) is 11.4. The van der Waals surface area contributed by atoms with Gasteiger partial charge in [-0.1, -0.05) is 32.9 Å². The molecule has 106 valence electrons. The Bertz CT molecular complexity index is 580. The second kappa shape index (κ2) is 5.94. The van der Waals surface area contributed by atoms with E-state index in [4.69, 9.17) is 27.9 Å². The van der Waals surface area contributed by atoms with Gasteiger partial charge in [-0.05, 0) is 52.7 Å². The van der Waals surface area contributed by atoms with Crippen molar-refractivity contribution in [3.8, 4) is 11.8 Å². The first-order chi connectivity index (χ1) is 9.40. The van der Waals surface area contributed by atoms with E-state index < -0.39 is 0 Å². The van der Waals surface area contributed by atoms with Crippen LogP contribution in [0.2, 0.25) is 10.6 Å². The molecule has 2 rings (SSSR count). The first-order valence-corrected chi connectivity index (χ1v) is 7.02. The first kappa shape index (κ1) is 15.0. The van der Waals surface area contributed by atoms with Gasteiger partial charge in [0.25, 0.3) is 0 Å². The summed E-state index contributed by atoms with van der Waals surface area (Å²) in [5.41, 5.74) is 1.39. The molecule has 0 aliphatic heterocycles. The molecule has 0 atom stereocenters. The van der Waals surface area contributed by atoms with Gasteiger partial charge in [0.15, 0.2) is 0 Å². The largest absolute Gasteiger partial charge is 0.424 e. The molecular weight excluding hydrogens is 297 g/mol. The molecule has 0 saturated carbocycles. The molecule has 0 radical (unpaired) electrons. The lowest BCUT2D eigenvalue weighted by Crippen LogP contribution is -2.14. The second-order valence-electron chi connectivity index (χ2n) is 5.02. The number of nitrogens with zero attached hydrogens (tertiary/aromatic N) is 3. The van der Waals surface area contributed by atoms with Crippen LogP contribution in [0.4, 0.5) is 0 Å². The molecule has 0 unspecified atom stereocenters. The fourth-order valence-electron chi connectivity index (χ4n) is 1.64. The Hall–Kier alpha value is -1.39. The highest BCUT2D eigenvalue weighted by molar-refractivity contribution is 6.31. The van der Waals surface area contributed by atoms with E-state index in [0.717, 1.165) is 6.42 Å². The summed E-state index contributed by atoms with van der Waals surface area (Å²) in [6, 6.07) is 7.89. The van der Waals surface area contributed by atoms with Crippen LogP contribution in [0.5, 0.6) is 11.8 Å². The maximum Gasteiger partial charge on any atom is 0.327 e. The average Bonchev–Trinajstić information content (AvgIpc) is 2.38. The van der Waals surface area contributed by atoms with Gasteiger partial charge in [-0.2, -0.15) is 15.0 Å². The van der Waals surface area contributed by atoms with Crippen molar-refractivity contribution in [1.82, 2.24) is 15.0 Å². The van der Waals surface area contributed by atoms with Crippen molar-refractivity contribution in [3.05, 3.63) is 40.4 Å². The lowest BCUT2D eigenvalue weighted by molar-refractivity contribution is 0.438. The van der Waals surface area contributed by atoms with Crippen molar-refractivity contribution in [2.24, 2.45) is 0 Å². The summed E-state index contributed by atoms with van der Waals surface area (Å²) < 4.78 is 5.51. The highest BCUT2D eigenvalue weighted by atomic mass is 35.5. The predicted octanol–water partition coefficient (Wildman–Crippen LogP) is 4.66. The molecule has 0 aliphatic rings. The van der Waals surface area contributed by atoms with E-state index >= 15 is 0 Å². The quantitative estimate of drug-likeness (QED) is 0.824. The zero-order valence-corrected chi connectivity index (χ0v) is 13.0. The number of hydrogen-bond acceptors (Lipinski definition) is 4. The molecule has 0 fully saturated rings. The topological polar surface area (TPSA) is 47.9 Å². The Balaban J connectivity index is 2.19. The maximum atomic E-state index is 5.69. The van der Waals surface area contributed by atoms with Gasteiger partial charge in [-0.15, -0.1) is 0 Å². The summed E-state index contributed by atoms with van der Waals surface area (Å²) in [5.74, 6) is 0.624. The van der Waals surface area contributed by atoms with E-state index in [0.29, 0.717) is 5.75 Å². The summed E-state index contributed by atoms with van der Waals surface area (Å²) in [7, 11) is 0. The van der Waals surface area contributed by atoms with Crippen LogP contribution in [-0.2, 0) is 5.41 Å². The summed E-state index contributed by atoms with van der Waals surface area (Å²) in [6.45, 7) is 6.57.